The molecular formula is C20H22N8. The van der Waals surface area contributed by atoms with Crippen LogP contribution in [0.1, 0.15) is 19.3 Å². The molecule has 1 aliphatic heterocycles. The first-order valence-electron chi connectivity index (χ1n) is 9.57. The maximum Gasteiger partial charge on any atom is 0.180 e. The van der Waals surface area contributed by atoms with Crippen LogP contribution < -0.4 is 10.2 Å². The predicted molar refractivity (Wildman–Crippen MR) is 109 cm³/mol. The Balaban J connectivity index is 1.46. The number of rotatable bonds is 4. The van der Waals surface area contributed by atoms with Crippen molar-refractivity contribution in [3.05, 3.63) is 49.3 Å². The lowest BCUT2D eigenvalue weighted by molar-refractivity contribution is 0.573. The van der Waals surface area contributed by atoms with Crippen molar-refractivity contribution in [2.75, 3.05) is 23.3 Å². The van der Waals surface area contributed by atoms with Crippen LogP contribution in [0.15, 0.2) is 49.3 Å². The Morgan fingerprint density at radius 2 is 1.89 bits per heavy atom. The molecule has 0 aliphatic carbocycles. The minimum Gasteiger partial charge on any atom is -0.357 e. The SMILES string of the molecule is Cn1cc(-c2cnc3c(Nc4ccnc(N5CCCCC5)c4)nccn23)cn1. The number of imidazole rings is 1. The molecule has 1 saturated heterocycles. The molecule has 4 aromatic heterocycles. The summed E-state index contributed by atoms with van der Waals surface area (Å²) in [6.45, 7) is 2.14. The summed E-state index contributed by atoms with van der Waals surface area (Å²) in [4.78, 5) is 16.0. The molecule has 8 nitrogen and oxygen atoms in total. The van der Waals surface area contributed by atoms with Gasteiger partial charge in [-0.3, -0.25) is 9.08 Å². The maximum absolute atomic E-state index is 4.59. The van der Waals surface area contributed by atoms with E-state index in [4.69, 9.17) is 0 Å². The molecule has 4 aromatic rings. The lowest BCUT2D eigenvalue weighted by Crippen LogP contribution is -2.30. The van der Waals surface area contributed by atoms with Crippen molar-refractivity contribution in [1.29, 1.82) is 0 Å². The highest BCUT2D eigenvalue weighted by atomic mass is 15.2. The van der Waals surface area contributed by atoms with Gasteiger partial charge in [-0.05, 0) is 25.3 Å². The van der Waals surface area contributed by atoms with Crippen molar-refractivity contribution in [3.63, 3.8) is 0 Å². The highest BCUT2D eigenvalue weighted by Gasteiger charge is 2.14. The quantitative estimate of drug-likeness (QED) is 0.591. The molecule has 0 unspecified atom stereocenters. The van der Waals surface area contributed by atoms with Gasteiger partial charge in [-0.15, -0.1) is 0 Å². The van der Waals surface area contributed by atoms with Crippen LogP contribution in [-0.2, 0) is 7.05 Å². The molecule has 5 heterocycles. The van der Waals surface area contributed by atoms with E-state index in [-0.39, 0.29) is 0 Å². The molecule has 1 N–H and O–H groups in total. The second-order valence-corrected chi connectivity index (χ2v) is 7.09. The Morgan fingerprint density at radius 1 is 1.00 bits per heavy atom. The molecule has 0 atom stereocenters. The summed E-state index contributed by atoms with van der Waals surface area (Å²) in [7, 11) is 1.91. The molecule has 1 aliphatic rings. The van der Waals surface area contributed by atoms with Gasteiger partial charge in [0.15, 0.2) is 11.5 Å². The number of anilines is 3. The number of piperidine rings is 1. The summed E-state index contributed by atoms with van der Waals surface area (Å²) < 4.78 is 3.81. The number of hydrogen-bond donors (Lipinski definition) is 1. The van der Waals surface area contributed by atoms with E-state index < -0.39 is 0 Å². The van der Waals surface area contributed by atoms with Crippen LogP contribution in [0.25, 0.3) is 16.9 Å². The van der Waals surface area contributed by atoms with Gasteiger partial charge in [-0.25, -0.2) is 15.0 Å². The first kappa shape index (κ1) is 16.7. The van der Waals surface area contributed by atoms with E-state index in [9.17, 15) is 0 Å². The van der Waals surface area contributed by atoms with Crippen LogP contribution in [0.4, 0.5) is 17.3 Å². The Kier molecular flexibility index (Phi) is 4.16. The van der Waals surface area contributed by atoms with E-state index in [1.54, 1.807) is 10.9 Å². The molecule has 0 spiro atoms. The average molecular weight is 374 g/mol. The lowest BCUT2D eigenvalue weighted by Gasteiger charge is -2.27. The topological polar surface area (TPSA) is 76.2 Å². The molecule has 0 saturated carbocycles. The zero-order valence-corrected chi connectivity index (χ0v) is 15.8. The van der Waals surface area contributed by atoms with Gasteiger partial charge in [-0.1, -0.05) is 0 Å². The summed E-state index contributed by atoms with van der Waals surface area (Å²) in [5, 5.41) is 7.67. The third-order valence-electron chi connectivity index (χ3n) is 5.12. The molecule has 5 rings (SSSR count). The number of nitrogens with zero attached hydrogens (tertiary/aromatic N) is 7. The summed E-state index contributed by atoms with van der Waals surface area (Å²) in [5.41, 5.74) is 3.74. The third kappa shape index (κ3) is 3.06. The van der Waals surface area contributed by atoms with E-state index in [0.29, 0.717) is 5.82 Å². The van der Waals surface area contributed by atoms with E-state index in [0.717, 1.165) is 41.5 Å². The molecule has 28 heavy (non-hydrogen) atoms. The second-order valence-electron chi connectivity index (χ2n) is 7.09. The largest absolute Gasteiger partial charge is 0.357 e. The van der Waals surface area contributed by atoms with E-state index in [1.807, 2.05) is 48.5 Å². The molecule has 0 radical (unpaired) electrons. The van der Waals surface area contributed by atoms with Crippen LogP contribution >= 0.6 is 0 Å². The molecule has 8 heteroatoms. The Bertz CT molecular complexity index is 1110. The molecule has 142 valence electrons. The van der Waals surface area contributed by atoms with Gasteiger partial charge in [-0.2, -0.15) is 5.10 Å². The van der Waals surface area contributed by atoms with Crippen molar-refractivity contribution < 1.29 is 0 Å². The predicted octanol–water partition coefficient (Wildman–Crippen LogP) is 3.26. The van der Waals surface area contributed by atoms with E-state index in [1.165, 1.54) is 19.3 Å². The van der Waals surface area contributed by atoms with Gasteiger partial charge in [0.2, 0.25) is 0 Å². The fourth-order valence-electron chi connectivity index (χ4n) is 3.70. The fraction of sp³-hybridized carbons (Fsp3) is 0.300. The van der Waals surface area contributed by atoms with Crippen molar-refractivity contribution in [2.45, 2.75) is 19.3 Å². The van der Waals surface area contributed by atoms with Crippen LogP contribution in [0.3, 0.4) is 0 Å². The van der Waals surface area contributed by atoms with Crippen LogP contribution in [-0.4, -0.2) is 42.2 Å². The van der Waals surface area contributed by atoms with Crippen LogP contribution in [0.2, 0.25) is 0 Å². The minimum atomic E-state index is 0.716. The molecular weight excluding hydrogens is 352 g/mol. The number of hydrogen-bond acceptors (Lipinski definition) is 6. The van der Waals surface area contributed by atoms with E-state index in [2.05, 4.69) is 36.3 Å². The standard InChI is InChI=1S/C20H22N8/c1-26-14-15(12-24-26)17-13-23-20-19(22-7-10-28(17)20)25-16-5-6-21-18(11-16)27-8-3-2-4-9-27/h5-7,10-14H,2-4,8-9H2,1H3,(H,21,22,25). The van der Waals surface area contributed by atoms with Gasteiger partial charge < -0.3 is 10.2 Å². The number of aromatic nitrogens is 6. The molecule has 1 fully saturated rings. The van der Waals surface area contributed by atoms with E-state index >= 15 is 0 Å². The van der Waals surface area contributed by atoms with Crippen LogP contribution in [0.5, 0.6) is 0 Å². The number of nitrogens with one attached hydrogen (secondary N) is 1. The lowest BCUT2D eigenvalue weighted by atomic mass is 10.1. The summed E-state index contributed by atoms with van der Waals surface area (Å²) >= 11 is 0. The summed E-state index contributed by atoms with van der Waals surface area (Å²) in [6.07, 6.45) is 15.0. The number of fused-ring (bicyclic) bond motifs is 1. The monoisotopic (exact) mass is 374 g/mol. The summed E-state index contributed by atoms with van der Waals surface area (Å²) in [5.74, 6) is 1.73. The van der Waals surface area contributed by atoms with Crippen LogP contribution in [0, 0.1) is 0 Å². The fourth-order valence-corrected chi connectivity index (χ4v) is 3.70. The van der Waals surface area contributed by atoms with Crippen molar-refractivity contribution in [3.8, 4) is 11.3 Å². The highest BCUT2D eigenvalue weighted by Crippen LogP contribution is 2.26. The first-order chi connectivity index (χ1) is 13.8. The Morgan fingerprint density at radius 3 is 2.71 bits per heavy atom. The normalized spacial score (nSPS) is 14.5. The van der Waals surface area contributed by atoms with Gasteiger partial charge in [0.05, 0.1) is 18.1 Å². The third-order valence-corrected chi connectivity index (χ3v) is 5.12. The van der Waals surface area contributed by atoms with Crippen molar-refractivity contribution in [2.24, 2.45) is 7.05 Å². The smallest absolute Gasteiger partial charge is 0.180 e. The maximum atomic E-state index is 4.59. The number of pyridine rings is 1. The van der Waals surface area contributed by atoms with Gasteiger partial charge in [0, 0.05) is 62.2 Å². The molecule has 0 bridgehead atoms. The van der Waals surface area contributed by atoms with Crippen molar-refractivity contribution >= 4 is 23.0 Å². The zero-order valence-electron chi connectivity index (χ0n) is 15.8. The highest BCUT2D eigenvalue weighted by molar-refractivity contribution is 5.74. The Hall–Kier alpha value is -3.42. The van der Waals surface area contributed by atoms with Crippen molar-refractivity contribution in [1.82, 2.24) is 29.1 Å². The zero-order chi connectivity index (χ0) is 18.9. The summed E-state index contributed by atoms with van der Waals surface area (Å²) in [6, 6.07) is 4.05. The van der Waals surface area contributed by atoms with Gasteiger partial charge in [0.1, 0.15) is 5.82 Å². The first-order valence-corrected chi connectivity index (χ1v) is 9.57. The van der Waals surface area contributed by atoms with Gasteiger partial charge >= 0.3 is 0 Å². The molecule has 0 amide bonds. The van der Waals surface area contributed by atoms with Gasteiger partial charge in [0.25, 0.3) is 0 Å². The Labute approximate surface area is 162 Å². The molecule has 0 aromatic carbocycles. The minimum absolute atomic E-state index is 0.716. The average Bonchev–Trinajstić information content (AvgIpc) is 3.35. The number of aryl methyl sites for hydroxylation is 1. The second kappa shape index (κ2) is 6.95.